The lowest BCUT2D eigenvalue weighted by atomic mass is 10.2. The number of carboxylic acid groups (broad SMARTS) is 1. The van der Waals surface area contributed by atoms with E-state index in [0.717, 1.165) is 5.56 Å². The van der Waals surface area contributed by atoms with Gasteiger partial charge in [-0.3, -0.25) is 9.69 Å². The average Bonchev–Trinajstić information content (AvgIpc) is 2.25. The molecule has 94 valence electrons. The molecule has 0 bridgehead atoms. The van der Waals surface area contributed by atoms with Gasteiger partial charge in [0.15, 0.2) is 0 Å². The maximum Gasteiger partial charge on any atom is 0.322 e. The largest absolute Gasteiger partial charge is 0.480 e. The van der Waals surface area contributed by atoms with Crippen molar-refractivity contribution in [2.45, 2.75) is 12.6 Å². The third-order valence-corrected chi connectivity index (χ3v) is 2.48. The standard InChI is InChI=1S/C12H17FN2O2/c1-14-11(12(16)17)8-15(2)7-9-4-3-5-10(13)6-9/h3-6,11,14H,7-8H2,1-2H3,(H,16,17). The molecule has 2 N–H and O–H groups in total. The van der Waals surface area contributed by atoms with E-state index >= 15 is 0 Å². The third kappa shape index (κ3) is 4.50. The zero-order valence-electron chi connectivity index (χ0n) is 9.98. The minimum atomic E-state index is -0.890. The molecule has 4 nitrogen and oxygen atoms in total. The van der Waals surface area contributed by atoms with Gasteiger partial charge in [0.1, 0.15) is 11.9 Å². The van der Waals surface area contributed by atoms with E-state index in [1.54, 1.807) is 20.2 Å². The molecule has 17 heavy (non-hydrogen) atoms. The summed E-state index contributed by atoms with van der Waals surface area (Å²) < 4.78 is 12.9. The van der Waals surface area contributed by atoms with Gasteiger partial charge < -0.3 is 10.4 Å². The fourth-order valence-corrected chi connectivity index (χ4v) is 1.62. The molecule has 0 aliphatic rings. The van der Waals surface area contributed by atoms with E-state index in [2.05, 4.69) is 5.32 Å². The number of hydrogen-bond acceptors (Lipinski definition) is 3. The Bertz CT molecular complexity index is 385. The number of nitrogens with zero attached hydrogens (tertiary/aromatic N) is 1. The van der Waals surface area contributed by atoms with Crippen LogP contribution in [-0.4, -0.2) is 42.7 Å². The number of halogens is 1. The monoisotopic (exact) mass is 240 g/mol. The van der Waals surface area contributed by atoms with E-state index < -0.39 is 12.0 Å². The molecule has 0 fully saturated rings. The summed E-state index contributed by atoms with van der Waals surface area (Å²) in [6, 6.07) is 5.68. The van der Waals surface area contributed by atoms with E-state index in [0.29, 0.717) is 13.1 Å². The summed E-state index contributed by atoms with van der Waals surface area (Å²) in [5.41, 5.74) is 0.827. The number of carboxylic acids is 1. The van der Waals surface area contributed by atoms with E-state index in [1.165, 1.54) is 12.1 Å². The van der Waals surface area contributed by atoms with Gasteiger partial charge in [0, 0.05) is 13.1 Å². The minimum absolute atomic E-state index is 0.278. The van der Waals surface area contributed by atoms with Crippen LogP contribution >= 0.6 is 0 Å². The van der Waals surface area contributed by atoms with Crippen molar-refractivity contribution in [1.82, 2.24) is 10.2 Å². The van der Waals surface area contributed by atoms with Crippen molar-refractivity contribution in [2.24, 2.45) is 0 Å². The summed E-state index contributed by atoms with van der Waals surface area (Å²) in [6.07, 6.45) is 0. The minimum Gasteiger partial charge on any atom is -0.480 e. The smallest absolute Gasteiger partial charge is 0.322 e. The Balaban J connectivity index is 2.54. The van der Waals surface area contributed by atoms with E-state index in [4.69, 9.17) is 5.11 Å². The normalized spacial score (nSPS) is 12.7. The first-order valence-corrected chi connectivity index (χ1v) is 5.36. The topological polar surface area (TPSA) is 52.6 Å². The second kappa shape index (κ2) is 6.32. The van der Waals surface area contributed by atoms with Crippen LogP contribution in [-0.2, 0) is 11.3 Å². The number of likely N-dealkylation sites (N-methyl/N-ethyl adjacent to an activating group) is 2. The first kappa shape index (κ1) is 13.6. The summed E-state index contributed by atoms with van der Waals surface area (Å²) in [7, 11) is 3.41. The summed E-state index contributed by atoms with van der Waals surface area (Å²) >= 11 is 0. The Morgan fingerprint density at radius 1 is 1.59 bits per heavy atom. The van der Waals surface area contributed by atoms with Gasteiger partial charge in [0.05, 0.1) is 0 Å². The van der Waals surface area contributed by atoms with E-state index in [-0.39, 0.29) is 5.82 Å². The third-order valence-electron chi connectivity index (χ3n) is 2.48. The SMILES string of the molecule is CNC(CN(C)Cc1cccc(F)c1)C(=O)O. The summed E-state index contributed by atoms with van der Waals surface area (Å²) in [6.45, 7) is 0.881. The number of rotatable bonds is 6. The molecule has 0 saturated carbocycles. The van der Waals surface area contributed by atoms with Gasteiger partial charge in [-0.15, -0.1) is 0 Å². The van der Waals surface area contributed by atoms with Crippen molar-refractivity contribution in [2.75, 3.05) is 20.6 Å². The van der Waals surface area contributed by atoms with Crippen LogP contribution < -0.4 is 5.32 Å². The Labute approximate surface area is 100 Å². The lowest BCUT2D eigenvalue weighted by Gasteiger charge is -2.21. The summed E-state index contributed by atoms with van der Waals surface area (Å²) in [5, 5.41) is 11.6. The highest BCUT2D eigenvalue weighted by molar-refractivity contribution is 5.73. The zero-order chi connectivity index (χ0) is 12.8. The predicted molar refractivity (Wildman–Crippen MR) is 63.2 cm³/mol. The highest BCUT2D eigenvalue weighted by Crippen LogP contribution is 2.06. The number of carbonyl (C=O) groups is 1. The van der Waals surface area contributed by atoms with Crippen molar-refractivity contribution in [3.05, 3.63) is 35.6 Å². The highest BCUT2D eigenvalue weighted by Gasteiger charge is 2.16. The molecular weight excluding hydrogens is 223 g/mol. The second-order valence-electron chi connectivity index (χ2n) is 4.01. The molecule has 0 heterocycles. The van der Waals surface area contributed by atoms with Crippen molar-refractivity contribution in [1.29, 1.82) is 0 Å². The van der Waals surface area contributed by atoms with E-state index in [9.17, 15) is 9.18 Å². The Morgan fingerprint density at radius 2 is 2.29 bits per heavy atom. The number of nitrogens with one attached hydrogen (secondary N) is 1. The van der Waals surface area contributed by atoms with Crippen LogP contribution in [0, 0.1) is 5.82 Å². The molecule has 0 aromatic heterocycles. The molecular formula is C12H17FN2O2. The van der Waals surface area contributed by atoms with Crippen LogP contribution in [0.15, 0.2) is 24.3 Å². The highest BCUT2D eigenvalue weighted by atomic mass is 19.1. The van der Waals surface area contributed by atoms with E-state index in [1.807, 2.05) is 11.0 Å². The van der Waals surface area contributed by atoms with Crippen LogP contribution in [0.25, 0.3) is 0 Å². The fourth-order valence-electron chi connectivity index (χ4n) is 1.62. The number of aliphatic carboxylic acids is 1. The molecule has 0 saturated heterocycles. The molecule has 0 radical (unpaired) electrons. The number of hydrogen-bond donors (Lipinski definition) is 2. The van der Waals surface area contributed by atoms with Crippen LogP contribution in [0.3, 0.4) is 0 Å². The summed E-state index contributed by atoms with van der Waals surface area (Å²) in [4.78, 5) is 12.7. The maximum absolute atomic E-state index is 12.9. The lowest BCUT2D eigenvalue weighted by Crippen LogP contribution is -2.43. The first-order valence-electron chi connectivity index (χ1n) is 5.36. The molecule has 1 unspecified atom stereocenters. The van der Waals surface area contributed by atoms with Crippen molar-refractivity contribution >= 4 is 5.97 Å². The van der Waals surface area contributed by atoms with Gasteiger partial charge in [0.25, 0.3) is 0 Å². The Hall–Kier alpha value is -1.46. The second-order valence-corrected chi connectivity index (χ2v) is 4.01. The average molecular weight is 240 g/mol. The van der Waals surface area contributed by atoms with Crippen molar-refractivity contribution < 1.29 is 14.3 Å². The molecule has 0 aliphatic carbocycles. The van der Waals surface area contributed by atoms with Gasteiger partial charge in [-0.25, -0.2) is 4.39 Å². The zero-order valence-corrected chi connectivity index (χ0v) is 9.98. The van der Waals surface area contributed by atoms with Gasteiger partial charge >= 0.3 is 5.97 Å². The molecule has 1 aromatic rings. The van der Waals surface area contributed by atoms with Crippen LogP contribution in [0.1, 0.15) is 5.56 Å². The molecule has 1 rings (SSSR count). The first-order chi connectivity index (χ1) is 8.02. The Kier molecular flexibility index (Phi) is 5.06. The van der Waals surface area contributed by atoms with Gasteiger partial charge in [-0.05, 0) is 31.8 Å². The molecule has 0 amide bonds. The molecule has 0 aliphatic heterocycles. The molecule has 5 heteroatoms. The van der Waals surface area contributed by atoms with Crippen molar-refractivity contribution in [3.8, 4) is 0 Å². The fraction of sp³-hybridized carbons (Fsp3) is 0.417. The molecule has 0 spiro atoms. The molecule has 1 atom stereocenters. The predicted octanol–water partition coefficient (Wildman–Crippen LogP) is 0.930. The lowest BCUT2D eigenvalue weighted by molar-refractivity contribution is -0.139. The van der Waals surface area contributed by atoms with Crippen LogP contribution in [0.5, 0.6) is 0 Å². The maximum atomic E-state index is 12.9. The Morgan fingerprint density at radius 3 is 2.82 bits per heavy atom. The quantitative estimate of drug-likeness (QED) is 0.776. The van der Waals surface area contributed by atoms with Crippen molar-refractivity contribution in [3.63, 3.8) is 0 Å². The van der Waals surface area contributed by atoms with Crippen LogP contribution in [0.2, 0.25) is 0 Å². The summed E-state index contributed by atoms with van der Waals surface area (Å²) in [5.74, 6) is -1.17. The molecule has 1 aromatic carbocycles. The van der Waals surface area contributed by atoms with Gasteiger partial charge in [0.2, 0.25) is 0 Å². The van der Waals surface area contributed by atoms with Crippen LogP contribution in [0.4, 0.5) is 4.39 Å². The number of benzene rings is 1. The van der Waals surface area contributed by atoms with Gasteiger partial charge in [-0.1, -0.05) is 12.1 Å². The van der Waals surface area contributed by atoms with Gasteiger partial charge in [-0.2, -0.15) is 0 Å².